The predicted octanol–water partition coefficient (Wildman–Crippen LogP) is 0.716. The number of primary amides is 1. The van der Waals surface area contributed by atoms with Gasteiger partial charge in [0.2, 0.25) is 5.91 Å². The van der Waals surface area contributed by atoms with Crippen LogP contribution in [0.1, 0.15) is 39.5 Å². The lowest BCUT2D eigenvalue weighted by Gasteiger charge is -2.36. The lowest BCUT2D eigenvalue weighted by molar-refractivity contribution is -0.122. The molecule has 1 saturated heterocycles. The first-order chi connectivity index (χ1) is 8.86. The molecule has 5 nitrogen and oxygen atoms in total. The lowest BCUT2D eigenvalue weighted by atomic mass is 9.94. The number of methoxy groups -OCH3 is 1. The van der Waals surface area contributed by atoms with Crippen LogP contribution in [0.15, 0.2) is 0 Å². The van der Waals surface area contributed by atoms with Crippen LogP contribution in [0.3, 0.4) is 0 Å². The van der Waals surface area contributed by atoms with Crippen molar-refractivity contribution in [1.29, 1.82) is 0 Å². The molecule has 0 bridgehead atoms. The molecule has 112 valence electrons. The summed E-state index contributed by atoms with van der Waals surface area (Å²) in [6.45, 7) is 7.14. The van der Waals surface area contributed by atoms with Crippen molar-refractivity contribution in [2.24, 2.45) is 17.4 Å². The third kappa shape index (κ3) is 5.09. The van der Waals surface area contributed by atoms with E-state index >= 15 is 0 Å². The Hall–Kier alpha value is -0.650. The van der Waals surface area contributed by atoms with E-state index in [4.69, 9.17) is 16.2 Å². The van der Waals surface area contributed by atoms with E-state index in [0.717, 1.165) is 32.5 Å². The molecule has 1 rings (SSSR count). The molecule has 0 spiro atoms. The number of piperidine rings is 1. The Bertz CT molecular complexity index is 294. The molecule has 3 atom stereocenters. The molecule has 0 saturated carbocycles. The fourth-order valence-electron chi connectivity index (χ4n) is 2.56. The van der Waals surface area contributed by atoms with Crippen molar-refractivity contribution < 1.29 is 9.53 Å². The van der Waals surface area contributed by atoms with Crippen molar-refractivity contribution in [2.45, 2.75) is 51.2 Å². The third-order valence-electron chi connectivity index (χ3n) is 4.26. The summed E-state index contributed by atoms with van der Waals surface area (Å²) in [6.07, 6.45) is 4.17. The second kappa shape index (κ2) is 7.22. The number of rotatable bonds is 7. The van der Waals surface area contributed by atoms with Gasteiger partial charge in [-0.1, -0.05) is 6.92 Å². The fourth-order valence-corrected chi connectivity index (χ4v) is 2.56. The largest absolute Gasteiger partial charge is 0.380 e. The Labute approximate surface area is 116 Å². The highest BCUT2D eigenvalue weighted by atomic mass is 16.5. The molecular weight excluding hydrogens is 242 g/mol. The molecule has 0 radical (unpaired) electrons. The van der Waals surface area contributed by atoms with Gasteiger partial charge < -0.3 is 21.1 Å². The van der Waals surface area contributed by atoms with Crippen molar-refractivity contribution in [3.8, 4) is 0 Å². The molecule has 1 amide bonds. The minimum absolute atomic E-state index is 0.346. The number of nitrogens with two attached hydrogens (primary N) is 2. The number of unbranched alkanes of at least 4 members (excludes halogenated alkanes) is 1. The first-order valence-electron chi connectivity index (χ1n) is 7.20. The zero-order valence-electron chi connectivity index (χ0n) is 12.5. The predicted molar refractivity (Wildman–Crippen MR) is 76.7 cm³/mol. The van der Waals surface area contributed by atoms with E-state index in [1.54, 1.807) is 14.0 Å². The van der Waals surface area contributed by atoms with Gasteiger partial charge in [-0.25, -0.2) is 0 Å². The maximum Gasteiger partial charge on any atom is 0.237 e. The molecule has 0 aromatic rings. The minimum atomic E-state index is -0.870. The van der Waals surface area contributed by atoms with Crippen molar-refractivity contribution in [3.05, 3.63) is 0 Å². The molecule has 1 heterocycles. The first kappa shape index (κ1) is 16.4. The number of carbonyl (C=O) groups is 1. The highest BCUT2D eigenvalue weighted by Crippen LogP contribution is 2.20. The van der Waals surface area contributed by atoms with E-state index in [1.807, 2.05) is 0 Å². The van der Waals surface area contributed by atoms with E-state index in [1.165, 1.54) is 6.42 Å². The average Bonchev–Trinajstić information content (AvgIpc) is 2.36. The minimum Gasteiger partial charge on any atom is -0.380 e. The highest BCUT2D eigenvalue weighted by molar-refractivity contribution is 5.83. The van der Waals surface area contributed by atoms with E-state index in [-0.39, 0.29) is 0 Å². The molecule has 0 aromatic heterocycles. The van der Waals surface area contributed by atoms with E-state index in [2.05, 4.69) is 11.8 Å². The van der Waals surface area contributed by atoms with Gasteiger partial charge in [0.15, 0.2) is 0 Å². The first-order valence-corrected chi connectivity index (χ1v) is 7.20. The van der Waals surface area contributed by atoms with Crippen LogP contribution in [0.2, 0.25) is 0 Å². The number of likely N-dealkylation sites (tertiary alicyclic amines) is 1. The zero-order chi connectivity index (χ0) is 14.5. The highest BCUT2D eigenvalue weighted by Gasteiger charge is 2.27. The molecule has 19 heavy (non-hydrogen) atoms. The number of hydrogen-bond acceptors (Lipinski definition) is 4. The normalized spacial score (nSPS) is 28.0. The fraction of sp³-hybridized carbons (Fsp3) is 0.929. The van der Waals surface area contributed by atoms with Crippen LogP contribution in [0, 0.1) is 5.92 Å². The molecule has 5 heteroatoms. The van der Waals surface area contributed by atoms with Gasteiger partial charge in [0, 0.05) is 13.7 Å². The van der Waals surface area contributed by atoms with Crippen LogP contribution in [0.5, 0.6) is 0 Å². The average molecular weight is 271 g/mol. The van der Waals surface area contributed by atoms with Gasteiger partial charge in [-0.15, -0.1) is 0 Å². The summed E-state index contributed by atoms with van der Waals surface area (Å²) in [6, 6.07) is 0. The maximum atomic E-state index is 11.1. The second-order valence-electron chi connectivity index (χ2n) is 6.08. The van der Waals surface area contributed by atoms with Crippen LogP contribution in [0.4, 0.5) is 0 Å². The molecule has 0 aromatic carbocycles. The number of ether oxygens (including phenoxy) is 1. The Kier molecular flexibility index (Phi) is 6.23. The molecule has 0 aliphatic carbocycles. The molecule has 1 fully saturated rings. The maximum absolute atomic E-state index is 11.1. The van der Waals surface area contributed by atoms with Crippen molar-refractivity contribution in [2.75, 3.05) is 26.7 Å². The summed E-state index contributed by atoms with van der Waals surface area (Å²) in [4.78, 5) is 13.5. The smallest absolute Gasteiger partial charge is 0.237 e. The van der Waals surface area contributed by atoms with E-state index < -0.39 is 11.4 Å². The van der Waals surface area contributed by atoms with Gasteiger partial charge >= 0.3 is 0 Å². The van der Waals surface area contributed by atoms with E-state index in [9.17, 15) is 4.79 Å². The lowest BCUT2D eigenvalue weighted by Crippen LogP contribution is -2.49. The molecule has 1 aliphatic heterocycles. The number of nitrogens with zero attached hydrogens (tertiary/aromatic N) is 1. The van der Waals surface area contributed by atoms with Crippen LogP contribution in [-0.2, 0) is 9.53 Å². The van der Waals surface area contributed by atoms with Crippen molar-refractivity contribution >= 4 is 5.91 Å². The molecule has 1 aliphatic rings. The number of hydrogen-bond donors (Lipinski definition) is 2. The summed E-state index contributed by atoms with van der Waals surface area (Å²) in [5.41, 5.74) is 10.2. The van der Waals surface area contributed by atoms with Crippen LogP contribution in [0.25, 0.3) is 0 Å². The van der Waals surface area contributed by atoms with Gasteiger partial charge in [-0.2, -0.15) is 0 Å². The summed E-state index contributed by atoms with van der Waals surface area (Å²) in [7, 11) is 1.79. The third-order valence-corrected chi connectivity index (χ3v) is 4.26. The Morgan fingerprint density at radius 1 is 1.47 bits per heavy atom. The Morgan fingerprint density at radius 2 is 2.16 bits per heavy atom. The summed E-state index contributed by atoms with van der Waals surface area (Å²) in [5.74, 6) is 0.224. The number of carbonyl (C=O) groups excluding carboxylic acids is 1. The van der Waals surface area contributed by atoms with Crippen LogP contribution < -0.4 is 11.5 Å². The van der Waals surface area contributed by atoms with Gasteiger partial charge in [-0.05, 0) is 51.6 Å². The van der Waals surface area contributed by atoms with Gasteiger partial charge in [-0.3, -0.25) is 4.79 Å². The SMILES string of the molecule is COC1CN(CCCCC(C)(N)C(N)=O)CCC1C. The quantitative estimate of drug-likeness (QED) is 0.668. The topological polar surface area (TPSA) is 81.6 Å². The van der Waals surface area contributed by atoms with Gasteiger partial charge in [0.25, 0.3) is 0 Å². The Morgan fingerprint density at radius 3 is 2.74 bits per heavy atom. The van der Waals surface area contributed by atoms with Crippen molar-refractivity contribution in [1.82, 2.24) is 4.90 Å². The second-order valence-corrected chi connectivity index (χ2v) is 6.08. The zero-order valence-corrected chi connectivity index (χ0v) is 12.5. The Balaban J connectivity index is 2.21. The molecular formula is C14H29N3O2. The summed E-state index contributed by atoms with van der Waals surface area (Å²) < 4.78 is 5.50. The standard InChI is InChI=1S/C14H29N3O2/c1-11-6-9-17(10-12(11)19-3)8-5-4-7-14(2,16)13(15)18/h11-12H,4-10,16H2,1-3H3,(H2,15,18). The van der Waals surface area contributed by atoms with Gasteiger partial charge in [0.1, 0.15) is 0 Å². The molecule has 3 unspecified atom stereocenters. The molecule has 4 N–H and O–H groups in total. The summed E-state index contributed by atoms with van der Waals surface area (Å²) >= 11 is 0. The van der Waals surface area contributed by atoms with Crippen molar-refractivity contribution in [3.63, 3.8) is 0 Å². The van der Waals surface area contributed by atoms with E-state index in [0.29, 0.717) is 18.4 Å². The van der Waals surface area contributed by atoms with Crippen LogP contribution in [-0.4, -0.2) is 49.2 Å². The number of amides is 1. The monoisotopic (exact) mass is 271 g/mol. The van der Waals surface area contributed by atoms with Crippen LogP contribution >= 0.6 is 0 Å². The summed E-state index contributed by atoms with van der Waals surface area (Å²) in [5, 5.41) is 0. The van der Waals surface area contributed by atoms with Gasteiger partial charge in [0.05, 0.1) is 11.6 Å².